The van der Waals surface area contributed by atoms with Crippen LogP contribution >= 0.6 is 0 Å². The monoisotopic (exact) mass is 498 g/mol. The molecule has 0 N–H and O–H groups in total. The molecule has 4 atom stereocenters. The SMILES string of the molecule is CC1(COC(OCC2(C)CO2)C(c2ccc(OCC3CO3)cc2)c2ccc(OCC3CO3)cc2)CO1. The molecule has 0 amide bonds. The summed E-state index contributed by atoms with van der Waals surface area (Å²) >= 11 is 0. The Morgan fingerprint density at radius 1 is 0.722 bits per heavy atom. The highest BCUT2D eigenvalue weighted by molar-refractivity contribution is 5.39. The Balaban J connectivity index is 1.23. The number of hydrogen-bond donors (Lipinski definition) is 0. The summed E-state index contributed by atoms with van der Waals surface area (Å²) in [6.07, 6.45) is -0.0917. The molecule has 4 fully saturated rings. The van der Waals surface area contributed by atoms with Gasteiger partial charge in [0.15, 0.2) is 6.29 Å². The van der Waals surface area contributed by atoms with Gasteiger partial charge in [-0.2, -0.15) is 0 Å². The van der Waals surface area contributed by atoms with Crippen molar-refractivity contribution in [3.63, 3.8) is 0 Å². The zero-order valence-corrected chi connectivity index (χ0v) is 20.9. The average molecular weight is 499 g/mol. The lowest BCUT2D eigenvalue weighted by atomic mass is 9.90. The van der Waals surface area contributed by atoms with Gasteiger partial charge in [-0.3, -0.25) is 0 Å². The second-order valence-corrected chi connectivity index (χ2v) is 10.6. The number of ether oxygens (including phenoxy) is 8. The van der Waals surface area contributed by atoms with Gasteiger partial charge in [-0.05, 0) is 49.2 Å². The van der Waals surface area contributed by atoms with Crippen LogP contribution in [-0.2, 0) is 28.4 Å². The van der Waals surface area contributed by atoms with Crippen molar-refractivity contribution in [3.05, 3.63) is 59.7 Å². The lowest BCUT2D eigenvalue weighted by molar-refractivity contribution is -0.166. The molecule has 2 aromatic carbocycles. The average Bonchev–Trinajstić information content (AvgIpc) is 3.71. The van der Waals surface area contributed by atoms with E-state index < -0.39 is 6.29 Å². The molecule has 36 heavy (non-hydrogen) atoms. The van der Waals surface area contributed by atoms with Gasteiger partial charge < -0.3 is 37.9 Å². The topological polar surface area (TPSA) is 87.0 Å². The van der Waals surface area contributed by atoms with Crippen molar-refractivity contribution in [1.29, 1.82) is 0 Å². The van der Waals surface area contributed by atoms with Crippen LogP contribution in [0.3, 0.4) is 0 Å². The maximum atomic E-state index is 6.40. The molecule has 0 aromatic heterocycles. The molecule has 4 aliphatic rings. The minimum absolute atomic E-state index is 0.170. The highest BCUT2D eigenvalue weighted by Crippen LogP contribution is 2.37. The van der Waals surface area contributed by atoms with Gasteiger partial charge in [0.05, 0.1) is 45.6 Å². The van der Waals surface area contributed by atoms with Crippen LogP contribution in [0.1, 0.15) is 30.9 Å². The van der Waals surface area contributed by atoms with Gasteiger partial charge in [-0.1, -0.05) is 24.3 Å². The van der Waals surface area contributed by atoms with Crippen LogP contribution in [0.15, 0.2) is 48.5 Å². The predicted octanol–water partition coefficient (Wildman–Crippen LogP) is 3.31. The summed E-state index contributed by atoms with van der Waals surface area (Å²) in [5.41, 5.74) is 1.63. The summed E-state index contributed by atoms with van der Waals surface area (Å²) in [4.78, 5) is 0. The van der Waals surface area contributed by atoms with Crippen molar-refractivity contribution in [2.75, 3.05) is 52.9 Å². The first-order valence-corrected chi connectivity index (χ1v) is 12.7. The molecule has 0 bridgehead atoms. The van der Waals surface area contributed by atoms with E-state index in [0.717, 1.165) is 35.8 Å². The third-order valence-electron chi connectivity index (χ3n) is 6.81. The first-order chi connectivity index (χ1) is 17.5. The molecule has 0 radical (unpaired) electrons. The number of rotatable bonds is 15. The van der Waals surface area contributed by atoms with Crippen LogP contribution in [0.25, 0.3) is 0 Å². The lowest BCUT2D eigenvalue weighted by Gasteiger charge is -2.30. The Morgan fingerprint density at radius 3 is 1.44 bits per heavy atom. The second-order valence-electron chi connectivity index (χ2n) is 10.6. The predicted molar refractivity (Wildman–Crippen MR) is 130 cm³/mol. The maximum absolute atomic E-state index is 6.40. The van der Waals surface area contributed by atoms with E-state index in [9.17, 15) is 0 Å². The summed E-state index contributed by atoms with van der Waals surface area (Å²) in [5.74, 6) is 1.46. The molecule has 2 aromatic rings. The third kappa shape index (κ3) is 6.56. The minimum Gasteiger partial charge on any atom is -0.491 e. The van der Waals surface area contributed by atoms with Gasteiger partial charge in [0.2, 0.25) is 0 Å². The largest absolute Gasteiger partial charge is 0.491 e. The first kappa shape index (κ1) is 24.2. The number of epoxide rings is 4. The Hall–Kier alpha value is -2.20. The van der Waals surface area contributed by atoms with E-state index in [2.05, 4.69) is 38.1 Å². The molecule has 4 aliphatic heterocycles. The van der Waals surface area contributed by atoms with Crippen molar-refractivity contribution in [2.45, 2.75) is 49.5 Å². The molecule has 6 rings (SSSR count). The Kier molecular flexibility index (Phi) is 6.66. The molecule has 0 spiro atoms. The van der Waals surface area contributed by atoms with Gasteiger partial charge >= 0.3 is 0 Å². The summed E-state index contributed by atoms with van der Waals surface area (Å²) < 4.78 is 46.1. The number of hydrogen-bond acceptors (Lipinski definition) is 8. The molecule has 8 heteroatoms. The van der Waals surface area contributed by atoms with E-state index in [4.69, 9.17) is 37.9 Å². The van der Waals surface area contributed by atoms with Crippen LogP contribution in [0.4, 0.5) is 0 Å². The normalized spacial score (nSPS) is 31.4. The summed E-state index contributed by atoms with van der Waals surface area (Å²) in [6, 6.07) is 16.3. The molecule has 194 valence electrons. The smallest absolute Gasteiger partial charge is 0.168 e. The van der Waals surface area contributed by atoms with Crippen LogP contribution in [0.2, 0.25) is 0 Å². The van der Waals surface area contributed by atoms with Crippen molar-refractivity contribution in [2.24, 2.45) is 0 Å². The summed E-state index contributed by atoms with van der Waals surface area (Å²) in [7, 11) is 0. The lowest BCUT2D eigenvalue weighted by Crippen LogP contribution is -2.33. The molecule has 8 nitrogen and oxygen atoms in total. The fraction of sp³-hybridized carbons (Fsp3) is 0.571. The van der Waals surface area contributed by atoms with E-state index in [1.807, 2.05) is 24.3 Å². The van der Waals surface area contributed by atoms with Gasteiger partial charge in [0, 0.05) is 0 Å². The minimum atomic E-state index is -0.523. The van der Waals surface area contributed by atoms with Gasteiger partial charge in [0.25, 0.3) is 0 Å². The Morgan fingerprint density at radius 2 is 1.11 bits per heavy atom. The van der Waals surface area contributed by atoms with Crippen molar-refractivity contribution < 1.29 is 37.9 Å². The fourth-order valence-electron chi connectivity index (χ4n) is 3.93. The van der Waals surface area contributed by atoms with Crippen LogP contribution in [0.5, 0.6) is 11.5 Å². The molecule has 4 saturated heterocycles. The van der Waals surface area contributed by atoms with Crippen LogP contribution < -0.4 is 9.47 Å². The van der Waals surface area contributed by atoms with Gasteiger partial charge in [-0.15, -0.1) is 0 Å². The van der Waals surface area contributed by atoms with Gasteiger partial charge in [0.1, 0.15) is 48.1 Å². The first-order valence-electron chi connectivity index (χ1n) is 12.7. The summed E-state index contributed by atoms with van der Waals surface area (Å²) in [5, 5.41) is 0. The molecule has 4 heterocycles. The number of benzene rings is 2. The fourth-order valence-corrected chi connectivity index (χ4v) is 3.93. The molecule has 0 saturated carbocycles. The molecular weight excluding hydrogens is 464 g/mol. The Labute approximate surface area is 211 Å². The van der Waals surface area contributed by atoms with Crippen molar-refractivity contribution in [3.8, 4) is 11.5 Å². The zero-order chi connectivity index (χ0) is 24.6. The van der Waals surface area contributed by atoms with Crippen LogP contribution in [-0.4, -0.2) is 82.6 Å². The van der Waals surface area contributed by atoms with E-state index in [-0.39, 0.29) is 29.3 Å². The molecular formula is C28H34O8. The highest BCUT2D eigenvalue weighted by Gasteiger charge is 2.44. The van der Waals surface area contributed by atoms with Gasteiger partial charge in [-0.25, -0.2) is 0 Å². The summed E-state index contributed by atoms with van der Waals surface area (Å²) in [6.45, 7) is 9.09. The van der Waals surface area contributed by atoms with Crippen molar-refractivity contribution >= 4 is 0 Å². The second kappa shape index (κ2) is 9.93. The zero-order valence-electron chi connectivity index (χ0n) is 20.9. The molecule has 0 aliphatic carbocycles. The van der Waals surface area contributed by atoms with E-state index in [0.29, 0.717) is 39.6 Å². The van der Waals surface area contributed by atoms with E-state index in [1.165, 1.54) is 0 Å². The van der Waals surface area contributed by atoms with Crippen molar-refractivity contribution in [1.82, 2.24) is 0 Å². The highest BCUT2D eigenvalue weighted by atomic mass is 16.7. The van der Waals surface area contributed by atoms with Crippen LogP contribution in [0, 0.1) is 0 Å². The molecule has 4 unspecified atom stereocenters. The maximum Gasteiger partial charge on any atom is 0.168 e. The standard InChI is InChI=1S/C28H34O8/c1-27(17-35-27)15-33-26(34-16-28(2)18-36-28)25(19-3-7-21(8-4-19)29-11-23-13-31-23)20-5-9-22(10-6-20)30-12-24-14-32-24/h3-10,23-26H,11-18H2,1-2H3. The Bertz CT molecular complexity index is 925. The third-order valence-corrected chi connectivity index (χ3v) is 6.81. The van der Waals surface area contributed by atoms with E-state index >= 15 is 0 Å². The van der Waals surface area contributed by atoms with E-state index in [1.54, 1.807) is 0 Å². The quantitative estimate of drug-likeness (QED) is 0.273.